The molecule has 1 atom stereocenters. The lowest BCUT2D eigenvalue weighted by Gasteiger charge is -2.11. The van der Waals surface area contributed by atoms with E-state index in [-0.39, 0.29) is 12.0 Å². The second-order valence-corrected chi connectivity index (χ2v) is 6.32. The molecule has 0 aliphatic carbocycles. The maximum absolute atomic E-state index is 12.1. The first-order valence-corrected chi connectivity index (χ1v) is 9.06. The van der Waals surface area contributed by atoms with Crippen LogP contribution in [0.25, 0.3) is 0 Å². The second kappa shape index (κ2) is 8.45. The third kappa shape index (κ3) is 4.60. The van der Waals surface area contributed by atoms with E-state index in [0.717, 1.165) is 24.2 Å². The van der Waals surface area contributed by atoms with Crippen molar-refractivity contribution in [3.63, 3.8) is 0 Å². The molecule has 0 radical (unpaired) electrons. The van der Waals surface area contributed by atoms with Gasteiger partial charge in [-0.3, -0.25) is 4.79 Å². The highest BCUT2D eigenvalue weighted by Crippen LogP contribution is 2.21. The number of anilines is 5. The number of rotatable bonds is 6. The molecule has 0 saturated carbocycles. The number of hydrogen-bond donors (Lipinski definition) is 3. The molecule has 0 bridgehead atoms. The number of nitrogens with one attached hydrogen (secondary N) is 3. The number of ether oxygens (including phenoxy) is 1. The van der Waals surface area contributed by atoms with Crippen molar-refractivity contribution in [3.8, 4) is 0 Å². The van der Waals surface area contributed by atoms with Crippen molar-refractivity contribution < 1.29 is 9.53 Å². The summed E-state index contributed by atoms with van der Waals surface area (Å²) in [5.41, 5.74) is 1.57. The molecule has 1 fully saturated rings. The van der Waals surface area contributed by atoms with Crippen molar-refractivity contribution in [1.29, 1.82) is 0 Å². The predicted molar refractivity (Wildman–Crippen MR) is 107 cm³/mol. The molecule has 2 aromatic heterocycles. The zero-order valence-electron chi connectivity index (χ0n) is 15.1. The quantitative estimate of drug-likeness (QED) is 0.605. The van der Waals surface area contributed by atoms with Crippen molar-refractivity contribution in [2.45, 2.75) is 18.9 Å². The SMILES string of the molecule is O=C(Nc1ccc(Nc2cc(Nc3ccccn3)ncn2)cc1)C1CCCO1. The summed E-state index contributed by atoms with van der Waals surface area (Å²) in [4.78, 5) is 24.7. The topological polar surface area (TPSA) is 101 Å². The first-order valence-electron chi connectivity index (χ1n) is 9.06. The maximum atomic E-state index is 12.1. The van der Waals surface area contributed by atoms with Crippen LogP contribution in [0.2, 0.25) is 0 Å². The minimum absolute atomic E-state index is 0.0979. The summed E-state index contributed by atoms with van der Waals surface area (Å²) >= 11 is 0. The van der Waals surface area contributed by atoms with Gasteiger partial charge in [0.1, 0.15) is 29.9 Å². The molecule has 8 nitrogen and oxygen atoms in total. The van der Waals surface area contributed by atoms with Gasteiger partial charge < -0.3 is 20.7 Å². The summed E-state index contributed by atoms with van der Waals surface area (Å²) in [6.45, 7) is 0.650. The first-order chi connectivity index (χ1) is 13.8. The molecule has 3 aromatic rings. The van der Waals surface area contributed by atoms with Gasteiger partial charge in [0.25, 0.3) is 5.91 Å². The first kappa shape index (κ1) is 17.9. The van der Waals surface area contributed by atoms with E-state index in [2.05, 4.69) is 30.9 Å². The Morgan fingerprint density at radius 1 is 0.929 bits per heavy atom. The maximum Gasteiger partial charge on any atom is 0.253 e. The van der Waals surface area contributed by atoms with E-state index in [4.69, 9.17) is 4.74 Å². The standard InChI is InChI=1S/C20H20N6O2/c27-20(16-4-3-11-28-16)25-15-8-6-14(7-9-15)24-18-12-19(23-13-22-18)26-17-5-1-2-10-21-17/h1-2,5-10,12-13,16H,3-4,11H2,(H,25,27)(H2,21,22,23,24,26). The molecule has 3 heterocycles. The molecule has 1 unspecified atom stereocenters. The average molecular weight is 376 g/mol. The fraction of sp³-hybridized carbons (Fsp3) is 0.200. The summed E-state index contributed by atoms with van der Waals surface area (Å²) in [5.74, 6) is 1.89. The van der Waals surface area contributed by atoms with E-state index in [1.807, 2.05) is 42.5 Å². The van der Waals surface area contributed by atoms with Crippen LogP contribution in [0, 0.1) is 0 Å². The molecule has 28 heavy (non-hydrogen) atoms. The Balaban J connectivity index is 1.37. The van der Waals surface area contributed by atoms with Gasteiger partial charge in [-0.2, -0.15) is 0 Å². The Kier molecular flexibility index (Phi) is 5.39. The van der Waals surface area contributed by atoms with Crippen molar-refractivity contribution in [3.05, 3.63) is 61.1 Å². The predicted octanol–water partition coefficient (Wildman–Crippen LogP) is 3.48. The van der Waals surface area contributed by atoms with Crippen LogP contribution in [0.5, 0.6) is 0 Å². The molecule has 3 N–H and O–H groups in total. The van der Waals surface area contributed by atoms with E-state index in [1.165, 1.54) is 6.33 Å². The molecule has 0 spiro atoms. The van der Waals surface area contributed by atoms with Gasteiger partial charge in [0.2, 0.25) is 0 Å². The van der Waals surface area contributed by atoms with Gasteiger partial charge in [0.05, 0.1) is 0 Å². The van der Waals surface area contributed by atoms with Crippen LogP contribution >= 0.6 is 0 Å². The van der Waals surface area contributed by atoms with Gasteiger partial charge in [-0.15, -0.1) is 0 Å². The Labute approximate surface area is 162 Å². The highest BCUT2D eigenvalue weighted by Gasteiger charge is 2.23. The van der Waals surface area contributed by atoms with Crippen LogP contribution in [-0.2, 0) is 9.53 Å². The minimum Gasteiger partial charge on any atom is -0.368 e. The number of hydrogen-bond acceptors (Lipinski definition) is 7. The molecule has 4 rings (SSSR count). The molecule has 1 amide bonds. The van der Waals surface area contributed by atoms with Crippen LogP contribution in [0.1, 0.15) is 12.8 Å². The minimum atomic E-state index is -0.344. The number of carbonyl (C=O) groups is 1. The second-order valence-electron chi connectivity index (χ2n) is 6.32. The molecule has 142 valence electrons. The summed E-state index contributed by atoms with van der Waals surface area (Å²) in [7, 11) is 0. The average Bonchev–Trinajstić information content (AvgIpc) is 3.26. The summed E-state index contributed by atoms with van der Waals surface area (Å²) in [6, 6.07) is 14.8. The highest BCUT2D eigenvalue weighted by molar-refractivity contribution is 5.94. The highest BCUT2D eigenvalue weighted by atomic mass is 16.5. The smallest absolute Gasteiger partial charge is 0.253 e. The number of amides is 1. The van der Waals surface area contributed by atoms with E-state index in [0.29, 0.717) is 24.1 Å². The van der Waals surface area contributed by atoms with E-state index < -0.39 is 0 Å². The van der Waals surface area contributed by atoms with Crippen LogP contribution in [0.4, 0.5) is 28.8 Å². The van der Waals surface area contributed by atoms with Crippen LogP contribution in [0.3, 0.4) is 0 Å². The Morgan fingerprint density at radius 3 is 2.43 bits per heavy atom. The van der Waals surface area contributed by atoms with Gasteiger partial charge in [-0.05, 0) is 49.2 Å². The van der Waals surface area contributed by atoms with Crippen molar-refractivity contribution in [1.82, 2.24) is 15.0 Å². The zero-order chi connectivity index (χ0) is 19.2. The van der Waals surface area contributed by atoms with E-state index in [9.17, 15) is 4.79 Å². The Bertz CT molecular complexity index is 927. The van der Waals surface area contributed by atoms with Gasteiger partial charge in [-0.25, -0.2) is 15.0 Å². The fourth-order valence-corrected chi connectivity index (χ4v) is 2.85. The number of benzene rings is 1. The van der Waals surface area contributed by atoms with Crippen LogP contribution in [-0.4, -0.2) is 33.6 Å². The summed E-state index contributed by atoms with van der Waals surface area (Å²) in [6.07, 6.45) is 4.54. The summed E-state index contributed by atoms with van der Waals surface area (Å²) in [5, 5.41) is 9.22. The normalized spacial score (nSPS) is 15.8. The molecule has 1 saturated heterocycles. The largest absolute Gasteiger partial charge is 0.368 e. The van der Waals surface area contributed by atoms with Crippen LogP contribution < -0.4 is 16.0 Å². The van der Waals surface area contributed by atoms with Crippen molar-refractivity contribution in [2.24, 2.45) is 0 Å². The monoisotopic (exact) mass is 376 g/mol. The van der Waals surface area contributed by atoms with E-state index >= 15 is 0 Å². The van der Waals surface area contributed by atoms with E-state index in [1.54, 1.807) is 12.3 Å². The molecule has 1 aliphatic rings. The van der Waals surface area contributed by atoms with Gasteiger partial charge in [0.15, 0.2) is 0 Å². The third-order valence-electron chi connectivity index (χ3n) is 4.24. The van der Waals surface area contributed by atoms with Gasteiger partial charge in [0, 0.05) is 30.2 Å². The molecular weight excluding hydrogens is 356 g/mol. The Hall–Kier alpha value is -3.52. The van der Waals surface area contributed by atoms with Crippen molar-refractivity contribution in [2.75, 3.05) is 22.6 Å². The number of nitrogens with zero attached hydrogens (tertiary/aromatic N) is 3. The molecule has 8 heteroatoms. The van der Waals surface area contributed by atoms with Gasteiger partial charge >= 0.3 is 0 Å². The summed E-state index contributed by atoms with van der Waals surface area (Å²) < 4.78 is 5.39. The number of pyridine rings is 1. The fourth-order valence-electron chi connectivity index (χ4n) is 2.85. The van der Waals surface area contributed by atoms with Gasteiger partial charge in [-0.1, -0.05) is 6.07 Å². The lowest BCUT2D eigenvalue weighted by atomic mass is 10.2. The molecule has 1 aliphatic heterocycles. The zero-order valence-corrected chi connectivity index (χ0v) is 15.1. The lowest BCUT2D eigenvalue weighted by Crippen LogP contribution is -2.26. The van der Waals surface area contributed by atoms with Crippen molar-refractivity contribution >= 4 is 34.7 Å². The lowest BCUT2D eigenvalue weighted by molar-refractivity contribution is -0.124. The van der Waals surface area contributed by atoms with Crippen LogP contribution in [0.15, 0.2) is 61.1 Å². The molecular formula is C20H20N6O2. The Morgan fingerprint density at radius 2 is 1.71 bits per heavy atom. The third-order valence-corrected chi connectivity index (χ3v) is 4.24. The molecule has 1 aromatic carbocycles. The number of carbonyl (C=O) groups excluding carboxylic acids is 1. The number of aromatic nitrogens is 3.